The summed E-state index contributed by atoms with van der Waals surface area (Å²) < 4.78 is 5.01. The van der Waals surface area contributed by atoms with Gasteiger partial charge in [-0.05, 0) is 26.8 Å². The lowest BCUT2D eigenvalue weighted by atomic mass is 10.2. The predicted octanol–water partition coefficient (Wildman–Crippen LogP) is 0.908. The number of nitrogens with zero attached hydrogens (tertiary/aromatic N) is 2. The first-order chi connectivity index (χ1) is 8.69. The summed E-state index contributed by atoms with van der Waals surface area (Å²) in [6.45, 7) is 5.14. The van der Waals surface area contributed by atoms with Crippen LogP contribution in [0.25, 0.3) is 0 Å². The molecule has 0 bridgehead atoms. The SMILES string of the molecule is CC(C)(C)OC(=O)Nc1nccc(C(N)C(=O)O)n1. The van der Waals surface area contributed by atoms with Crippen LogP contribution >= 0.6 is 0 Å². The van der Waals surface area contributed by atoms with E-state index in [-0.39, 0.29) is 11.6 Å². The van der Waals surface area contributed by atoms with E-state index in [1.807, 2.05) is 0 Å². The highest BCUT2D eigenvalue weighted by molar-refractivity contribution is 5.82. The van der Waals surface area contributed by atoms with Crippen molar-refractivity contribution in [1.82, 2.24) is 9.97 Å². The number of carbonyl (C=O) groups excluding carboxylic acids is 1. The quantitative estimate of drug-likeness (QED) is 0.743. The summed E-state index contributed by atoms with van der Waals surface area (Å²) in [5.74, 6) is -1.29. The number of carboxylic acids is 1. The van der Waals surface area contributed by atoms with E-state index in [4.69, 9.17) is 15.6 Å². The van der Waals surface area contributed by atoms with Crippen LogP contribution in [0.3, 0.4) is 0 Å². The Morgan fingerprint density at radius 1 is 1.47 bits per heavy atom. The molecule has 19 heavy (non-hydrogen) atoms. The smallest absolute Gasteiger partial charge is 0.414 e. The third kappa shape index (κ3) is 4.88. The van der Waals surface area contributed by atoms with Gasteiger partial charge in [-0.2, -0.15) is 0 Å². The number of nitrogens with two attached hydrogens (primary N) is 1. The molecule has 0 saturated carbocycles. The van der Waals surface area contributed by atoms with Crippen molar-refractivity contribution < 1.29 is 19.4 Å². The Bertz CT molecular complexity index is 484. The van der Waals surface area contributed by atoms with E-state index in [1.54, 1.807) is 20.8 Å². The minimum absolute atomic E-state index is 0.0662. The van der Waals surface area contributed by atoms with Gasteiger partial charge in [0.15, 0.2) is 0 Å². The van der Waals surface area contributed by atoms with Crippen LogP contribution in [-0.4, -0.2) is 32.7 Å². The van der Waals surface area contributed by atoms with Gasteiger partial charge in [0.05, 0.1) is 5.69 Å². The molecule has 104 valence electrons. The van der Waals surface area contributed by atoms with Gasteiger partial charge in [-0.1, -0.05) is 0 Å². The van der Waals surface area contributed by atoms with Gasteiger partial charge in [-0.15, -0.1) is 0 Å². The van der Waals surface area contributed by atoms with Crippen molar-refractivity contribution in [1.29, 1.82) is 0 Å². The Morgan fingerprint density at radius 3 is 2.63 bits per heavy atom. The predicted molar refractivity (Wildman–Crippen MR) is 66.5 cm³/mol. The minimum Gasteiger partial charge on any atom is -0.480 e. The molecule has 0 spiro atoms. The van der Waals surface area contributed by atoms with Crippen molar-refractivity contribution >= 4 is 18.0 Å². The number of nitrogens with one attached hydrogen (secondary N) is 1. The maximum absolute atomic E-state index is 11.5. The average molecular weight is 268 g/mol. The van der Waals surface area contributed by atoms with Gasteiger partial charge in [0, 0.05) is 6.20 Å². The molecule has 4 N–H and O–H groups in total. The first kappa shape index (κ1) is 14.8. The average Bonchev–Trinajstić information content (AvgIpc) is 2.25. The molecule has 0 aromatic carbocycles. The van der Waals surface area contributed by atoms with E-state index in [1.165, 1.54) is 12.3 Å². The van der Waals surface area contributed by atoms with Crippen molar-refractivity contribution in [3.63, 3.8) is 0 Å². The Labute approximate surface area is 110 Å². The van der Waals surface area contributed by atoms with Gasteiger partial charge < -0.3 is 15.6 Å². The maximum atomic E-state index is 11.5. The lowest BCUT2D eigenvalue weighted by molar-refractivity contribution is -0.138. The van der Waals surface area contributed by atoms with Crippen LogP contribution in [0.1, 0.15) is 32.5 Å². The largest absolute Gasteiger partial charge is 0.480 e. The van der Waals surface area contributed by atoms with Crippen LogP contribution in [0.4, 0.5) is 10.7 Å². The van der Waals surface area contributed by atoms with Crippen molar-refractivity contribution in [2.75, 3.05) is 5.32 Å². The molecule has 1 rings (SSSR count). The van der Waals surface area contributed by atoms with Gasteiger partial charge in [-0.3, -0.25) is 10.1 Å². The number of aliphatic carboxylic acids is 1. The molecule has 0 aliphatic carbocycles. The number of hydrogen-bond acceptors (Lipinski definition) is 6. The molecular weight excluding hydrogens is 252 g/mol. The number of rotatable bonds is 3. The molecule has 0 aliphatic heterocycles. The molecule has 0 radical (unpaired) electrons. The molecule has 1 unspecified atom stereocenters. The number of carbonyl (C=O) groups is 2. The lowest BCUT2D eigenvalue weighted by Crippen LogP contribution is -2.28. The van der Waals surface area contributed by atoms with E-state index >= 15 is 0 Å². The second kappa shape index (κ2) is 5.61. The summed E-state index contributed by atoms with van der Waals surface area (Å²) >= 11 is 0. The fourth-order valence-corrected chi connectivity index (χ4v) is 1.13. The van der Waals surface area contributed by atoms with Crippen LogP contribution in [0.2, 0.25) is 0 Å². The van der Waals surface area contributed by atoms with Crippen molar-refractivity contribution in [3.8, 4) is 0 Å². The van der Waals surface area contributed by atoms with Gasteiger partial charge >= 0.3 is 12.1 Å². The molecule has 1 heterocycles. The second-order valence-electron chi connectivity index (χ2n) is 4.75. The first-order valence-electron chi connectivity index (χ1n) is 5.50. The Balaban J connectivity index is 2.78. The van der Waals surface area contributed by atoms with Crippen LogP contribution in [-0.2, 0) is 9.53 Å². The van der Waals surface area contributed by atoms with Gasteiger partial charge in [0.25, 0.3) is 0 Å². The molecule has 0 aliphatic rings. The van der Waals surface area contributed by atoms with E-state index in [0.29, 0.717) is 0 Å². The van der Waals surface area contributed by atoms with Gasteiger partial charge in [0.2, 0.25) is 5.95 Å². The van der Waals surface area contributed by atoms with Crippen LogP contribution < -0.4 is 11.1 Å². The third-order valence-corrected chi connectivity index (χ3v) is 1.87. The molecule has 1 atom stereocenters. The Morgan fingerprint density at radius 2 is 2.11 bits per heavy atom. The summed E-state index contributed by atoms with van der Waals surface area (Å²) in [5, 5.41) is 11.1. The fraction of sp³-hybridized carbons (Fsp3) is 0.455. The first-order valence-corrected chi connectivity index (χ1v) is 5.50. The van der Waals surface area contributed by atoms with Crippen molar-refractivity contribution in [2.24, 2.45) is 5.73 Å². The molecular formula is C11H16N4O4. The van der Waals surface area contributed by atoms with Gasteiger partial charge in [0.1, 0.15) is 11.6 Å². The zero-order chi connectivity index (χ0) is 14.6. The minimum atomic E-state index is -1.28. The number of amides is 1. The maximum Gasteiger partial charge on any atom is 0.414 e. The number of anilines is 1. The second-order valence-corrected chi connectivity index (χ2v) is 4.75. The van der Waals surface area contributed by atoms with Crippen molar-refractivity contribution in [3.05, 3.63) is 18.0 Å². The highest BCUT2D eigenvalue weighted by Crippen LogP contribution is 2.11. The zero-order valence-electron chi connectivity index (χ0n) is 10.9. The standard InChI is InChI=1S/C11H16N4O4/c1-11(2,3)19-10(18)15-9-13-5-4-6(14-9)7(12)8(16)17/h4-5,7H,12H2,1-3H3,(H,16,17)(H,13,14,15,18). The topological polar surface area (TPSA) is 127 Å². The molecule has 8 heteroatoms. The summed E-state index contributed by atoms with van der Waals surface area (Å²) in [6, 6.07) is 0.0844. The van der Waals surface area contributed by atoms with E-state index < -0.39 is 23.7 Å². The normalized spacial score (nSPS) is 12.6. The van der Waals surface area contributed by atoms with Crippen LogP contribution in [0.15, 0.2) is 12.3 Å². The Hall–Kier alpha value is -2.22. The number of carboxylic acid groups (broad SMARTS) is 1. The number of hydrogen-bond donors (Lipinski definition) is 3. The van der Waals surface area contributed by atoms with Crippen LogP contribution in [0, 0.1) is 0 Å². The summed E-state index contributed by atoms with van der Waals surface area (Å²) in [5.41, 5.74) is 4.84. The van der Waals surface area contributed by atoms with Gasteiger partial charge in [-0.25, -0.2) is 14.8 Å². The number of ether oxygens (including phenoxy) is 1. The zero-order valence-corrected chi connectivity index (χ0v) is 10.9. The molecule has 1 amide bonds. The van der Waals surface area contributed by atoms with E-state index in [0.717, 1.165) is 0 Å². The molecule has 1 aromatic rings. The molecule has 0 saturated heterocycles. The Kier molecular flexibility index (Phi) is 4.38. The summed E-state index contributed by atoms with van der Waals surface area (Å²) in [6.07, 6.45) is 0.575. The summed E-state index contributed by atoms with van der Waals surface area (Å²) in [4.78, 5) is 29.8. The fourth-order valence-electron chi connectivity index (χ4n) is 1.13. The highest BCUT2D eigenvalue weighted by Gasteiger charge is 2.19. The highest BCUT2D eigenvalue weighted by atomic mass is 16.6. The summed E-state index contributed by atoms with van der Waals surface area (Å²) in [7, 11) is 0. The molecule has 8 nitrogen and oxygen atoms in total. The van der Waals surface area contributed by atoms with E-state index in [9.17, 15) is 9.59 Å². The third-order valence-electron chi connectivity index (χ3n) is 1.87. The number of aromatic nitrogens is 2. The van der Waals surface area contributed by atoms with E-state index in [2.05, 4.69) is 15.3 Å². The molecule has 1 aromatic heterocycles. The monoisotopic (exact) mass is 268 g/mol. The molecule has 0 fully saturated rings. The van der Waals surface area contributed by atoms with Crippen molar-refractivity contribution in [2.45, 2.75) is 32.4 Å². The van der Waals surface area contributed by atoms with Crippen LogP contribution in [0.5, 0.6) is 0 Å². The lowest BCUT2D eigenvalue weighted by Gasteiger charge is -2.19.